The van der Waals surface area contributed by atoms with E-state index in [1.165, 1.54) is 13.2 Å². The van der Waals surface area contributed by atoms with Crippen LogP contribution in [0, 0.1) is 5.82 Å². The fourth-order valence-corrected chi connectivity index (χ4v) is 3.84. The van der Waals surface area contributed by atoms with Gasteiger partial charge in [-0.25, -0.2) is 9.37 Å². The summed E-state index contributed by atoms with van der Waals surface area (Å²) in [6, 6.07) is 8.74. The minimum absolute atomic E-state index is 0.113. The van der Waals surface area contributed by atoms with Crippen molar-refractivity contribution in [2.75, 3.05) is 13.7 Å². The normalized spacial score (nSPS) is 14.2. The van der Waals surface area contributed by atoms with Crippen LogP contribution in [0.1, 0.15) is 16.8 Å². The van der Waals surface area contributed by atoms with Crippen LogP contribution in [-0.4, -0.2) is 28.5 Å². The number of rotatable bonds is 4. The third kappa shape index (κ3) is 3.27. The molecule has 26 heavy (non-hydrogen) atoms. The van der Waals surface area contributed by atoms with Gasteiger partial charge in [-0.3, -0.25) is 9.69 Å². The van der Waals surface area contributed by atoms with Crippen LogP contribution in [-0.2, 0) is 19.5 Å². The molecule has 0 spiro atoms. The second-order valence-electron chi connectivity index (χ2n) is 6.24. The summed E-state index contributed by atoms with van der Waals surface area (Å²) in [4.78, 5) is 23.0. The van der Waals surface area contributed by atoms with E-state index in [4.69, 9.17) is 4.74 Å². The van der Waals surface area contributed by atoms with Crippen molar-refractivity contribution in [1.29, 1.82) is 0 Å². The molecule has 4 rings (SSSR count). The number of thiophene rings is 1. The maximum absolute atomic E-state index is 14.2. The highest BCUT2D eigenvalue weighted by atomic mass is 32.1. The van der Waals surface area contributed by atoms with Crippen LogP contribution in [0.2, 0.25) is 0 Å². The second-order valence-corrected chi connectivity index (χ2v) is 7.18. The molecule has 0 bridgehead atoms. The summed E-state index contributed by atoms with van der Waals surface area (Å²) in [6.45, 7) is 1.65. The van der Waals surface area contributed by atoms with Gasteiger partial charge in [0.15, 0.2) is 5.82 Å². The van der Waals surface area contributed by atoms with Gasteiger partial charge in [-0.2, -0.15) is 0 Å². The van der Waals surface area contributed by atoms with Gasteiger partial charge in [-0.1, -0.05) is 12.1 Å². The molecule has 0 fully saturated rings. The van der Waals surface area contributed by atoms with Crippen molar-refractivity contribution >= 4 is 11.3 Å². The predicted octanol–water partition coefficient (Wildman–Crippen LogP) is 3.20. The Morgan fingerprint density at radius 2 is 2.27 bits per heavy atom. The SMILES string of the molecule is COc1ccc(CN2CCc3nc(-c4cccs4)[nH]c(=O)c3C2)c(F)c1. The first-order valence-electron chi connectivity index (χ1n) is 8.35. The largest absolute Gasteiger partial charge is 0.497 e. The lowest BCUT2D eigenvalue weighted by Crippen LogP contribution is -2.35. The average Bonchev–Trinajstić information content (AvgIpc) is 3.18. The molecular weight excluding hydrogens is 353 g/mol. The molecule has 7 heteroatoms. The Labute approximate surface area is 154 Å². The Kier molecular flexibility index (Phi) is 4.57. The molecule has 0 unspecified atom stereocenters. The number of fused-ring (bicyclic) bond motifs is 1. The Bertz CT molecular complexity index is 985. The zero-order chi connectivity index (χ0) is 18.1. The van der Waals surface area contributed by atoms with Crippen LogP contribution in [0.3, 0.4) is 0 Å². The zero-order valence-corrected chi connectivity index (χ0v) is 15.1. The summed E-state index contributed by atoms with van der Waals surface area (Å²) in [7, 11) is 1.51. The molecule has 1 N–H and O–H groups in total. The minimum atomic E-state index is -0.296. The van der Waals surface area contributed by atoms with Gasteiger partial charge in [0.25, 0.3) is 5.56 Å². The molecule has 134 valence electrons. The smallest absolute Gasteiger partial charge is 0.255 e. The summed E-state index contributed by atoms with van der Waals surface area (Å²) < 4.78 is 19.2. The van der Waals surface area contributed by atoms with Crippen LogP contribution in [0.25, 0.3) is 10.7 Å². The number of hydrogen-bond acceptors (Lipinski definition) is 5. The molecular formula is C19H18FN3O2S. The highest BCUT2D eigenvalue weighted by Crippen LogP contribution is 2.24. The Morgan fingerprint density at radius 3 is 3.00 bits per heavy atom. The number of aromatic amines is 1. The summed E-state index contributed by atoms with van der Waals surface area (Å²) >= 11 is 1.55. The van der Waals surface area contributed by atoms with Gasteiger partial charge in [-0.15, -0.1) is 11.3 Å². The third-order valence-electron chi connectivity index (χ3n) is 4.56. The summed E-state index contributed by atoms with van der Waals surface area (Å²) in [5, 5.41) is 1.96. The van der Waals surface area contributed by atoms with E-state index in [2.05, 4.69) is 14.9 Å². The standard InChI is InChI=1S/C19H18FN3O2S/c1-25-13-5-4-12(15(20)9-13)10-23-7-6-16-14(11-23)19(24)22-18(21-16)17-3-2-8-26-17/h2-5,8-9H,6-7,10-11H2,1H3,(H,21,22,24). The van der Waals surface area contributed by atoms with Gasteiger partial charge in [0, 0.05) is 37.7 Å². The highest BCUT2D eigenvalue weighted by Gasteiger charge is 2.22. The summed E-state index contributed by atoms with van der Waals surface area (Å²) in [5.74, 6) is 0.825. The van der Waals surface area contributed by atoms with Crippen LogP contribution >= 0.6 is 11.3 Å². The number of aromatic nitrogens is 2. The third-order valence-corrected chi connectivity index (χ3v) is 5.43. The zero-order valence-electron chi connectivity index (χ0n) is 14.3. The van der Waals surface area contributed by atoms with E-state index in [-0.39, 0.29) is 11.4 Å². The van der Waals surface area contributed by atoms with Crippen molar-refractivity contribution in [2.24, 2.45) is 0 Å². The molecule has 0 atom stereocenters. The number of methoxy groups -OCH3 is 1. The van der Waals surface area contributed by atoms with E-state index in [1.54, 1.807) is 23.5 Å². The van der Waals surface area contributed by atoms with Crippen LogP contribution in [0.5, 0.6) is 5.75 Å². The van der Waals surface area contributed by atoms with Gasteiger partial charge in [0.1, 0.15) is 11.6 Å². The molecule has 1 aliphatic rings. The number of nitrogens with zero attached hydrogens (tertiary/aromatic N) is 2. The quantitative estimate of drug-likeness (QED) is 0.765. The number of benzene rings is 1. The monoisotopic (exact) mass is 371 g/mol. The molecule has 0 amide bonds. The minimum Gasteiger partial charge on any atom is -0.497 e. The van der Waals surface area contributed by atoms with Gasteiger partial charge in [0.05, 0.1) is 23.2 Å². The van der Waals surface area contributed by atoms with Crippen molar-refractivity contribution in [3.8, 4) is 16.5 Å². The topological polar surface area (TPSA) is 58.2 Å². The van der Waals surface area contributed by atoms with E-state index in [9.17, 15) is 9.18 Å². The Morgan fingerprint density at radius 1 is 1.38 bits per heavy atom. The van der Waals surface area contributed by atoms with Gasteiger partial charge in [0.2, 0.25) is 0 Å². The molecule has 5 nitrogen and oxygen atoms in total. The maximum atomic E-state index is 14.2. The van der Waals surface area contributed by atoms with Crippen LogP contribution in [0.15, 0.2) is 40.5 Å². The summed E-state index contributed by atoms with van der Waals surface area (Å²) in [6.07, 6.45) is 0.676. The maximum Gasteiger partial charge on any atom is 0.255 e. The Balaban J connectivity index is 1.56. The molecule has 0 saturated carbocycles. The number of H-pyrrole nitrogens is 1. The molecule has 0 aliphatic carbocycles. The van der Waals surface area contributed by atoms with E-state index in [0.29, 0.717) is 42.2 Å². The molecule has 0 saturated heterocycles. The van der Waals surface area contributed by atoms with E-state index >= 15 is 0 Å². The first kappa shape index (κ1) is 16.9. The van der Waals surface area contributed by atoms with Gasteiger partial charge in [-0.05, 0) is 17.5 Å². The fraction of sp³-hybridized carbons (Fsp3) is 0.263. The van der Waals surface area contributed by atoms with Crippen molar-refractivity contribution in [1.82, 2.24) is 14.9 Å². The van der Waals surface area contributed by atoms with Crippen molar-refractivity contribution in [2.45, 2.75) is 19.5 Å². The van der Waals surface area contributed by atoms with E-state index < -0.39 is 0 Å². The number of ether oxygens (including phenoxy) is 1. The van der Waals surface area contributed by atoms with E-state index in [0.717, 1.165) is 17.1 Å². The lowest BCUT2D eigenvalue weighted by atomic mass is 10.1. The molecule has 0 radical (unpaired) electrons. The molecule has 2 aromatic heterocycles. The first-order valence-corrected chi connectivity index (χ1v) is 9.22. The second kappa shape index (κ2) is 7.01. The lowest BCUT2D eigenvalue weighted by molar-refractivity contribution is 0.238. The first-order chi connectivity index (χ1) is 12.6. The Hall–Kier alpha value is -2.51. The molecule has 1 aliphatic heterocycles. The number of nitrogens with one attached hydrogen (secondary N) is 1. The van der Waals surface area contributed by atoms with E-state index in [1.807, 2.05) is 17.5 Å². The highest BCUT2D eigenvalue weighted by molar-refractivity contribution is 7.13. The summed E-state index contributed by atoms with van der Waals surface area (Å²) in [5.41, 5.74) is 1.99. The van der Waals surface area contributed by atoms with Crippen LogP contribution < -0.4 is 10.3 Å². The molecule has 3 heterocycles. The fourth-order valence-electron chi connectivity index (χ4n) is 3.17. The van der Waals surface area contributed by atoms with Crippen molar-refractivity contribution < 1.29 is 9.13 Å². The van der Waals surface area contributed by atoms with Crippen molar-refractivity contribution in [3.05, 3.63) is 68.7 Å². The van der Waals surface area contributed by atoms with Crippen LogP contribution in [0.4, 0.5) is 4.39 Å². The van der Waals surface area contributed by atoms with Crippen molar-refractivity contribution in [3.63, 3.8) is 0 Å². The van der Waals surface area contributed by atoms with Gasteiger partial charge < -0.3 is 9.72 Å². The lowest BCUT2D eigenvalue weighted by Gasteiger charge is -2.27. The molecule has 1 aromatic carbocycles. The molecule has 3 aromatic rings. The van der Waals surface area contributed by atoms with Gasteiger partial charge >= 0.3 is 0 Å². The number of halogens is 1. The predicted molar refractivity (Wildman–Crippen MR) is 98.9 cm³/mol. The average molecular weight is 371 g/mol. The number of hydrogen-bond donors (Lipinski definition) is 1.